The lowest BCUT2D eigenvalue weighted by molar-refractivity contribution is 0.413. The highest BCUT2D eigenvalue weighted by molar-refractivity contribution is 7.90. The van der Waals surface area contributed by atoms with Gasteiger partial charge >= 0.3 is 0 Å². The number of methoxy groups -OCH3 is 1. The van der Waals surface area contributed by atoms with Crippen LogP contribution in [-0.4, -0.2) is 21.8 Å². The van der Waals surface area contributed by atoms with Crippen LogP contribution >= 0.6 is 0 Å². The highest BCUT2D eigenvalue weighted by Crippen LogP contribution is 2.26. The first kappa shape index (κ1) is 10.8. The molecule has 14 heavy (non-hydrogen) atoms. The van der Waals surface area contributed by atoms with Gasteiger partial charge in [-0.05, 0) is 18.6 Å². The van der Waals surface area contributed by atoms with E-state index in [9.17, 15) is 8.42 Å². The summed E-state index contributed by atoms with van der Waals surface area (Å²) >= 11 is 0. The number of anilines is 1. The van der Waals surface area contributed by atoms with Crippen molar-refractivity contribution < 1.29 is 13.2 Å². The van der Waals surface area contributed by atoms with E-state index < -0.39 is 9.84 Å². The third-order valence-electron chi connectivity index (χ3n) is 2.01. The van der Waals surface area contributed by atoms with Crippen molar-refractivity contribution in [1.29, 1.82) is 0 Å². The zero-order chi connectivity index (χ0) is 10.9. The van der Waals surface area contributed by atoms with E-state index in [0.29, 0.717) is 17.0 Å². The van der Waals surface area contributed by atoms with Crippen LogP contribution in [0.2, 0.25) is 0 Å². The van der Waals surface area contributed by atoms with E-state index in [4.69, 9.17) is 10.5 Å². The summed E-state index contributed by atoms with van der Waals surface area (Å²) in [5, 5.41) is 0. The maximum atomic E-state index is 11.4. The van der Waals surface area contributed by atoms with Crippen molar-refractivity contribution in [2.75, 3.05) is 19.1 Å². The van der Waals surface area contributed by atoms with E-state index in [1.807, 2.05) is 0 Å². The highest BCUT2D eigenvalue weighted by atomic mass is 32.2. The SMILES string of the molecule is COc1cc(N)c(C)c(S(C)(=O)=O)c1. The number of rotatable bonds is 2. The monoisotopic (exact) mass is 215 g/mol. The van der Waals surface area contributed by atoms with Gasteiger partial charge in [0, 0.05) is 18.0 Å². The molecule has 0 saturated carbocycles. The van der Waals surface area contributed by atoms with Crippen molar-refractivity contribution in [1.82, 2.24) is 0 Å². The number of ether oxygens (including phenoxy) is 1. The Kier molecular flexibility index (Phi) is 2.71. The number of nitrogens with two attached hydrogens (primary N) is 1. The van der Waals surface area contributed by atoms with Gasteiger partial charge in [0.1, 0.15) is 5.75 Å². The summed E-state index contributed by atoms with van der Waals surface area (Å²) in [6, 6.07) is 3.07. The summed E-state index contributed by atoms with van der Waals surface area (Å²) in [6.07, 6.45) is 1.15. The molecule has 2 N–H and O–H groups in total. The molecule has 1 aromatic rings. The lowest BCUT2D eigenvalue weighted by Crippen LogP contribution is -2.03. The lowest BCUT2D eigenvalue weighted by Gasteiger charge is -2.09. The minimum Gasteiger partial charge on any atom is -0.497 e. The third-order valence-corrected chi connectivity index (χ3v) is 3.23. The fourth-order valence-corrected chi connectivity index (χ4v) is 2.19. The van der Waals surface area contributed by atoms with E-state index in [1.54, 1.807) is 13.0 Å². The van der Waals surface area contributed by atoms with Crippen molar-refractivity contribution in [3.05, 3.63) is 17.7 Å². The van der Waals surface area contributed by atoms with E-state index in [-0.39, 0.29) is 4.90 Å². The van der Waals surface area contributed by atoms with Gasteiger partial charge in [0.05, 0.1) is 12.0 Å². The second-order valence-corrected chi connectivity index (χ2v) is 5.10. The molecule has 0 unspecified atom stereocenters. The number of hydrogen-bond acceptors (Lipinski definition) is 4. The summed E-state index contributed by atoms with van der Waals surface area (Å²) in [4.78, 5) is 0.217. The van der Waals surface area contributed by atoms with Crippen LogP contribution in [0, 0.1) is 6.92 Å². The molecule has 1 aromatic carbocycles. The Morgan fingerprint density at radius 2 is 1.93 bits per heavy atom. The summed E-state index contributed by atoms with van der Waals surface area (Å²) in [6.45, 7) is 1.67. The molecule has 0 aliphatic carbocycles. The van der Waals surface area contributed by atoms with Gasteiger partial charge in [-0.2, -0.15) is 0 Å². The molecule has 0 aliphatic heterocycles. The molecule has 78 valence electrons. The number of benzene rings is 1. The van der Waals surface area contributed by atoms with E-state index >= 15 is 0 Å². The lowest BCUT2D eigenvalue weighted by atomic mass is 10.2. The van der Waals surface area contributed by atoms with Gasteiger partial charge in [-0.15, -0.1) is 0 Å². The zero-order valence-electron chi connectivity index (χ0n) is 8.37. The molecule has 0 bridgehead atoms. The molecular weight excluding hydrogens is 202 g/mol. The van der Waals surface area contributed by atoms with Gasteiger partial charge < -0.3 is 10.5 Å². The Hall–Kier alpha value is -1.23. The molecule has 4 nitrogen and oxygen atoms in total. The molecule has 0 heterocycles. The molecule has 0 aromatic heterocycles. The second-order valence-electron chi connectivity index (χ2n) is 3.11. The topological polar surface area (TPSA) is 69.4 Å². The predicted octanol–water partition coefficient (Wildman–Crippen LogP) is 0.989. The first-order valence-corrected chi connectivity index (χ1v) is 5.89. The summed E-state index contributed by atoms with van der Waals surface area (Å²) in [5.74, 6) is 0.452. The highest BCUT2D eigenvalue weighted by Gasteiger charge is 2.14. The summed E-state index contributed by atoms with van der Waals surface area (Å²) in [5.41, 5.74) is 6.63. The van der Waals surface area contributed by atoms with Crippen LogP contribution in [0.1, 0.15) is 5.56 Å². The number of sulfone groups is 1. The Morgan fingerprint density at radius 1 is 1.36 bits per heavy atom. The largest absolute Gasteiger partial charge is 0.497 e. The van der Waals surface area contributed by atoms with Crippen LogP contribution < -0.4 is 10.5 Å². The van der Waals surface area contributed by atoms with Gasteiger partial charge in [-0.3, -0.25) is 0 Å². The van der Waals surface area contributed by atoms with Gasteiger partial charge in [-0.25, -0.2) is 8.42 Å². The fraction of sp³-hybridized carbons (Fsp3) is 0.333. The Morgan fingerprint density at radius 3 is 2.36 bits per heavy atom. The average Bonchev–Trinajstić information content (AvgIpc) is 2.07. The molecule has 5 heteroatoms. The molecule has 0 radical (unpaired) electrons. The number of nitrogen functional groups attached to an aromatic ring is 1. The minimum atomic E-state index is -3.25. The van der Waals surface area contributed by atoms with Crippen molar-refractivity contribution in [2.24, 2.45) is 0 Å². The molecule has 0 spiro atoms. The maximum Gasteiger partial charge on any atom is 0.175 e. The minimum absolute atomic E-state index is 0.217. The first-order valence-electron chi connectivity index (χ1n) is 4.00. The van der Waals surface area contributed by atoms with Crippen LogP contribution in [0.25, 0.3) is 0 Å². The molecular formula is C9H13NO3S. The van der Waals surface area contributed by atoms with E-state index in [0.717, 1.165) is 6.26 Å². The molecule has 0 atom stereocenters. The standard InChI is InChI=1S/C9H13NO3S/c1-6-8(10)4-7(13-2)5-9(6)14(3,11)12/h4-5H,10H2,1-3H3. The Balaban J connectivity index is 3.51. The van der Waals surface area contributed by atoms with Gasteiger partial charge in [0.25, 0.3) is 0 Å². The Bertz CT molecular complexity index is 451. The van der Waals surface area contributed by atoms with Crippen LogP contribution in [0.3, 0.4) is 0 Å². The molecule has 1 rings (SSSR count). The van der Waals surface area contributed by atoms with Crippen LogP contribution in [0.15, 0.2) is 17.0 Å². The van der Waals surface area contributed by atoms with Crippen LogP contribution in [-0.2, 0) is 9.84 Å². The van der Waals surface area contributed by atoms with Gasteiger partial charge in [0.15, 0.2) is 9.84 Å². The first-order chi connectivity index (χ1) is 6.36. The molecule has 0 amide bonds. The van der Waals surface area contributed by atoms with Gasteiger partial charge in [-0.1, -0.05) is 0 Å². The van der Waals surface area contributed by atoms with Gasteiger partial charge in [0.2, 0.25) is 0 Å². The third kappa shape index (κ3) is 1.98. The van der Waals surface area contributed by atoms with Crippen molar-refractivity contribution in [3.8, 4) is 5.75 Å². The molecule has 0 fully saturated rings. The quantitative estimate of drug-likeness (QED) is 0.747. The van der Waals surface area contributed by atoms with E-state index in [2.05, 4.69) is 0 Å². The van der Waals surface area contributed by atoms with E-state index in [1.165, 1.54) is 13.2 Å². The Labute approximate surface area is 83.6 Å². The molecule has 0 aliphatic rings. The maximum absolute atomic E-state index is 11.4. The zero-order valence-corrected chi connectivity index (χ0v) is 9.18. The van der Waals surface area contributed by atoms with Crippen molar-refractivity contribution >= 4 is 15.5 Å². The average molecular weight is 215 g/mol. The predicted molar refractivity (Wildman–Crippen MR) is 55.3 cm³/mol. The van der Waals surface area contributed by atoms with Crippen LogP contribution in [0.4, 0.5) is 5.69 Å². The normalized spacial score (nSPS) is 11.4. The van der Waals surface area contributed by atoms with Crippen LogP contribution in [0.5, 0.6) is 5.75 Å². The summed E-state index contributed by atoms with van der Waals surface area (Å²) < 4.78 is 27.7. The van der Waals surface area contributed by atoms with Crippen molar-refractivity contribution in [3.63, 3.8) is 0 Å². The molecule has 0 saturated heterocycles. The smallest absolute Gasteiger partial charge is 0.175 e. The number of hydrogen-bond donors (Lipinski definition) is 1. The second kappa shape index (κ2) is 3.49. The van der Waals surface area contributed by atoms with Crippen molar-refractivity contribution in [2.45, 2.75) is 11.8 Å². The summed E-state index contributed by atoms with van der Waals surface area (Å²) in [7, 11) is -1.78. The fourth-order valence-electron chi connectivity index (χ4n) is 1.19.